The molecule has 1 aromatic carbocycles. The molecule has 1 saturated carbocycles. The predicted molar refractivity (Wildman–Crippen MR) is 119 cm³/mol. The quantitative estimate of drug-likeness (QED) is 0.645. The molecule has 4 rings (SSSR count). The molecule has 3 N–H and O–H groups in total. The van der Waals surface area contributed by atoms with E-state index in [0.29, 0.717) is 38.1 Å². The third-order valence-electron chi connectivity index (χ3n) is 6.99. The summed E-state index contributed by atoms with van der Waals surface area (Å²) in [5.41, 5.74) is 9.51. The van der Waals surface area contributed by atoms with Crippen molar-refractivity contribution in [1.29, 1.82) is 0 Å². The van der Waals surface area contributed by atoms with E-state index in [9.17, 15) is 5.11 Å². The summed E-state index contributed by atoms with van der Waals surface area (Å²) in [4.78, 5) is 11.8. The second-order valence-corrected chi connectivity index (χ2v) is 9.38. The number of aliphatic hydroxyl groups is 1. The molecular weight excluding hydrogens is 407 g/mol. The average Bonchev–Trinajstić information content (AvgIpc) is 3.05. The van der Waals surface area contributed by atoms with E-state index in [2.05, 4.69) is 11.8 Å². The first kappa shape index (κ1) is 20.7. The van der Waals surface area contributed by atoms with Crippen molar-refractivity contribution in [3.63, 3.8) is 0 Å². The Morgan fingerprint density at radius 1 is 1.21 bits per heavy atom. The Balaban J connectivity index is 1.66. The van der Waals surface area contributed by atoms with Gasteiger partial charge in [0, 0.05) is 24.3 Å². The predicted octanol–water partition coefficient (Wildman–Crippen LogP) is 5.24. The highest BCUT2D eigenvalue weighted by Crippen LogP contribution is 2.50. The Hall–Kier alpha value is -1.56. The molecule has 0 amide bonds. The van der Waals surface area contributed by atoms with Crippen LogP contribution in [0.2, 0.25) is 10.0 Å². The second kappa shape index (κ2) is 7.93. The Morgan fingerprint density at radius 2 is 1.93 bits per heavy atom. The van der Waals surface area contributed by atoms with E-state index in [0.717, 1.165) is 30.5 Å². The molecule has 29 heavy (non-hydrogen) atoms. The molecular formula is C22H28Cl2N4O. The third-order valence-corrected chi connectivity index (χ3v) is 7.79. The van der Waals surface area contributed by atoms with Crippen LogP contribution in [-0.4, -0.2) is 28.2 Å². The monoisotopic (exact) mass is 434 g/mol. The van der Waals surface area contributed by atoms with Crippen molar-refractivity contribution in [3.8, 4) is 11.3 Å². The fourth-order valence-electron chi connectivity index (χ4n) is 5.16. The average molecular weight is 435 g/mol. The van der Waals surface area contributed by atoms with E-state index in [1.54, 1.807) is 12.1 Å². The van der Waals surface area contributed by atoms with Crippen LogP contribution in [0.25, 0.3) is 11.3 Å². The van der Waals surface area contributed by atoms with Crippen LogP contribution in [0, 0.1) is 18.3 Å². The van der Waals surface area contributed by atoms with Crippen molar-refractivity contribution >= 4 is 34.7 Å². The largest absolute Gasteiger partial charge is 0.399 e. The maximum absolute atomic E-state index is 10.0. The SMILES string of the molecule is Cc1nc(N2CCC3(CCC[C@H]3C)CC2)c(CO)nc1-c1cc(N)cc(Cl)c1Cl. The fraction of sp³-hybridized carbons (Fsp3) is 0.545. The first-order chi connectivity index (χ1) is 13.8. The highest BCUT2D eigenvalue weighted by molar-refractivity contribution is 6.44. The maximum Gasteiger partial charge on any atom is 0.153 e. The van der Waals surface area contributed by atoms with E-state index in [4.69, 9.17) is 38.9 Å². The van der Waals surface area contributed by atoms with Crippen LogP contribution in [0.5, 0.6) is 0 Å². The van der Waals surface area contributed by atoms with Crippen LogP contribution in [0.3, 0.4) is 0 Å². The number of benzene rings is 1. The van der Waals surface area contributed by atoms with E-state index in [1.165, 1.54) is 32.1 Å². The van der Waals surface area contributed by atoms with Crippen LogP contribution in [-0.2, 0) is 6.61 Å². The zero-order valence-electron chi connectivity index (χ0n) is 17.0. The molecule has 2 heterocycles. The molecule has 5 nitrogen and oxygen atoms in total. The molecule has 1 atom stereocenters. The number of rotatable bonds is 3. The summed E-state index contributed by atoms with van der Waals surface area (Å²) in [7, 11) is 0. The van der Waals surface area contributed by atoms with Gasteiger partial charge in [0.05, 0.1) is 28.0 Å². The number of halogens is 2. The molecule has 1 saturated heterocycles. The van der Waals surface area contributed by atoms with Gasteiger partial charge in [-0.05, 0) is 49.7 Å². The van der Waals surface area contributed by atoms with Crippen molar-refractivity contribution in [2.75, 3.05) is 23.7 Å². The molecule has 1 aromatic heterocycles. The van der Waals surface area contributed by atoms with Gasteiger partial charge in [-0.2, -0.15) is 0 Å². The normalized spacial score (nSPS) is 21.1. The first-order valence-corrected chi connectivity index (χ1v) is 11.1. The molecule has 0 radical (unpaired) electrons. The van der Waals surface area contributed by atoms with Crippen molar-refractivity contribution in [3.05, 3.63) is 33.6 Å². The lowest BCUT2D eigenvalue weighted by molar-refractivity contribution is 0.161. The van der Waals surface area contributed by atoms with Gasteiger partial charge < -0.3 is 15.7 Å². The van der Waals surface area contributed by atoms with Crippen molar-refractivity contribution in [2.45, 2.75) is 52.6 Å². The number of aliphatic hydroxyl groups excluding tert-OH is 1. The van der Waals surface area contributed by atoms with Gasteiger partial charge in [-0.25, -0.2) is 9.97 Å². The van der Waals surface area contributed by atoms with Gasteiger partial charge in [-0.3, -0.25) is 0 Å². The molecule has 156 valence electrons. The highest BCUT2D eigenvalue weighted by Gasteiger charge is 2.42. The molecule has 2 aromatic rings. The van der Waals surface area contributed by atoms with Crippen molar-refractivity contribution < 1.29 is 5.11 Å². The third kappa shape index (κ3) is 3.69. The van der Waals surface area contributed by atoms with Gasteiger partial charge in [0.25, 0.3) is 0 Å². The number of nitrogens with zero attached hydrogens (tertiary/aromatic N) is 3. The maximum atomic E-state index is 10.0. The zero-order chi connectivity index (χ0) is 20.8. The van der Waals surface area contributed by atoms with E-state index in [-0.39, 0.29) is 6.61 Å². The number of anilines is 2. The molecule has 2 fully saturated rings. The fourth-order valence-corrected chi connectivity index (χ4v) is 5.58. The summed E-state index contributed by atoms with van der Waals surface area (Å²) in [5, 5.41) is 10.8. The summed E-state index contributed by atoms with van der Waals surface area (Å²) in [6, 6.07) is 3.36. The number of nitrogen functional groups attached to an aromatic ring is 1. The van der Waals surface area contributed by atoms with Gasteiger partial charge >= 0.3 is 0 Å². The Labute approximate surface area is 182 Å². The minimum absolute atomic E-state index is 0.179. The lowest BCUT2D eigenvalue weighted by atomic mass is 9.71. The Morgan fingerprint density at radius 3 is 2.55 bits per heavy atom. The molecule has 0 unspecified atom stereocenters. The molecule has 1 spiro atoms. The summed E-state index contributed by atoms with van der Waals surface area (Å²) in [5.74, 6) is 1.58. The summed E-state index contributed by atoms with van der Waals surface area (Å²) in [6.07, 6.45) is 6.39. The first-order valence-electron chi connectivity index (χ1n) is 10.3. The van der Waals surface area contributed by atoms with Gasteiger partial charge in [0.1, 0.15) is 5.69 Å². The summed E-state index contributed by atoms with van der Waals surface area (Å²) in [6.45, 7) is 6.04. The number of hydrogen-bond donors (Lipinski definition) is 2. The Bertz CT molecular complexity index is 926. The van der Waals surface area contributed by atoms with Gasteiger partial charge in [0.2, 0.25) is 0 Å². The van der Waals surface area contributed by atoms with E-state index >= 15 is 0 Å². The highest BCUT2D eigenvalue weighted by atomic mass is 35.5. The number of nitrogens with two attached hydrogens (primary N) is 1. The van der Waals surface area contributed by atoms with Crippen LogP contribution < -0.4 is 10.6 Å². The van der Waals surface area contributed by atoms with Crippen molar-refractivity contribution in [2.24, 2.45) is 11.3 Å². The Kier molecular flexibility index (Phi) is 5.66. The molecule has 0 bridgehead atoms. The topological polar surface area (TPSA) is 75.3 Å². The number of aromatic nitrogens is 2. The summed E-state index contributed by atoms with van der Waals surface area (Å²) < 4.78 is 0. The molecule has 7 heteroatoms. The number of hydrogen-bond acceptors (Lipinski definition) is 5. The molecule has 1 aliphatic heterocycles. The van der Waals surface area contributed by atoms with Crippen LogP contribution in [0.1, 0.15) is 50.4 Å². The van der Waals surface area contributed by atoms with Crippen LogP contribution in [0.4, 0.5) is 11.5 Å². The minimum atomic E-state index is -0.179. The van der Waals surface area contributed by atoms with Gasteiger partial charge in [-0.1, -0.05) is 43.0 Å². The minimum Gasteiger partial charge on any atom is -0.399 e. The smallest absolute Gasteiger partial charge is 0.153 e. The number of aryl methyl sites for hydroxylation is 1. The van der Waals surface area contributed by atoms with Gasteiger partial charge in [-0.15, -0.1) is 0 Å². The van der Waals surface area contributed by atoms with Gasteiger partial charge in [0.15, 0.2) is 5.82 Å². The molecule has 2 aliphatic rings. The van der Waals surface area contributed by atoms with E-state index < -0.39 is 0 Å². The van der Waals surface area contributed by atoms with Crippen molar-refractivity contribution in [1.82, 2.24) is 9.97 Å². The lowest BCUT2D eigenvalue weighted by Crippen LogP contribution is -2.42. The van der Waals surface area contributed by atoms with Crippen LogP contribution >= 0.6 is 23.2 Å². The standard InChI is InChI=1S/C22H28Cl2N4O/c1-13-4-3-5-22(13)6-8-28(9-7-22)21-18(12-29)27-20(14(2)26-21)16-10-15(25)11-17(23)19(16)24/h10-11,13,29H,3-9,12,25H2,1-2H3/t13-/m1/s1. The van der Waals surface area contributed by atoms with E-state index in [1.807, 2.05) is 6.92 Å². The zero-order valence-corrected chi connectivity index (χ0v) is 18.5. The second-order valence-electron chi connectivity index (χ2n) is 8.59. The lowest BCUT2D eigenvalue weighted by Gasteiger charge is -2.43. The number of piperidine rings is 1. The summed E-state index contributed by atoms with van der Waals surface area (Å²) >= 11 is 12.6. The van der Waals surface area contributed by atoms with Crippen LogP contribution in [0.15, 0.2) is 12.1 Å². The molecule has 1 aliphatic carbocycles.